The van der Waals surface area contributed by atoms with Crippen molar-refractivity contribution in [3.8, 4) is 0 Å². The van der Waals surface area contributed by atoms with E-state index >= 15 is 0 Å². The Kier molecular flexibility index (Phi) is 6.15. The SMILES string of the molecule is CNS(=O)(=O)Cc1ccc2[nH]cc(CCN=CNc3cccc(Cl)c3)c2c1. The molecule has 3 rings (SSSR count). The highest BCUT2D eigenvalue weighted by molar-refractivity contribution is 7.88. The van der Waals surface area contributed by atoms with Crippen LogP contribution < -0.4 is 10.0 Å². The molecule has 0 amide bonds. The average Bonchev–Trinajstić information content (AvgIpc) is 3.03. The fraction of sp³-hybridized carbons (Fsp3) is 0.211. The number of aromatic amines is 1. The van der Waals surface area contributed by atoms with Gasteiger partial charge in [-0.25, -0.2) is 13.1 Å². The maximum Gasteiger partial charge on any atom is 0.215 e. The van der Waals surface area contributed by atoms with Gasteiger partial charge < -0.3 is 10.3 Å². The molecule has 3 N–H and O–H groups in total. The molecule has 0 radical (unpaired) electrons. The van der Waals surface area contributed by atoms with Gasteiger partial charge in [0.25, 0.3) is 0 Å². The van der Waals surface area contributed by atoms with Gasteiger partial charge in [-0.1, -0.05) is 23.7 Å². The monoisotopic (exact) mass is 404 g/mol. The Morgan fingerprint density at radius 1 is 1.22 bits per heavy atom. The van der Waals surface area contributed by atoms with Crippen molar-refractivity contribution in [3.05, 3.63) is 64.8 Å². The van der Waals surface area contributed by atoms with Crippen LogP contribution in [0.2, 0.25) is 5.02 Å². The number of anilines is 1. The van der Waals surface area contributed by atoms with Gasteiger partial charge in [0, 0.05) is 34.4 Å². The van der Waals surface area contributed by atoms with Gasteiger partial charge in [-0.15, -0.1) is 0 Å². The molecule has 0 aliphatic rings. The molecule has 0 bridgehead atoms. The van der Waals surface area contributed by atoms with Gasteiger partial charge in [0.05, 0.1) is 12.1 Å². The number of sulfonamides is 1. The highest BCUT2D eigenvalue weighted by Gasteiger charge is 2.10. The molecule has 1 heterocycles. The summed E-state index contributed by atoms with van der Waals surface area (Å²) >= 11 is 5.94. The lowest BCUT2D eigenvalue weighted by Gasteiger charge is -2.04. The van der Waals surface area contributed by atoms with Crippen molar-refractivity contribution in [1.29, 1.82) is 0 Å². The summed E-state index contributed by atoms with van der Waals surface area (Å²) < 4.78 is 25.9. The van der Waals surface area contributed by atoms with E-state index in [2.05, 4.69) is 20.0 Å². The lowest BCUT2D eigenvalue weighted by atomic mass is 10.1. The zero-order valence-corrected chi connectivity index (χ0v) is 16.4. The Labute approximate surface area is 163 Å². The Balaban J connectivity index is 1.63. The van der Waals surface area contributed by atoms with Crippen molar-refractivity contribution in [1.82, 2.24) is 9.71 Å². The second kappa shape index (κ2) is 8.56. The van der Waals surface area contributed by atoms with E-state index < -0.39 is 10.0 Å². The van der Waals surface area contributed by atoms with Crippen LogP contribution in [-0.4, -0.2) is 33.3 Å². The normalized spacial score (nSPS) is 12.1. The van der Waals surface area contributed by atoms with Crippen molar-refractivity contribution >= 4 is 44.6 Å². The van der Waals surface area contributed by atoms with Crippen molar-refractivity contribution in [2.24, 2.45) is 4.99 Å². The molecular formula is C19H21ClN4O2S. The first-order valence-corrected chi connectivity index (χ1v) is 10.5. The number of fused-ring (bicyclic) bond motifs is 1. The third kappa shape index (κ3) is 5.32. The zero-order chi connectivity index (χ0) is 19.3. The molecule has 0 unspecified atom stereocenters. The van der Waals surface area contributed by atoms with Gasteiger partial charge in [0.2, 0.25) is 10.0 Å². The number of nitrogens with one attached hydrogen (secondary N) is 3. The first-order chi connectivity index (χ1) is 13.0. The number of H-pyrrole nitrogens is 1. The molecule has 3 aromatic rings. The van der Waals surface area contributed by atoms with E-state index in [-0.39, 0.29) is 5.75 Å². The van der Waals surface area contributed by atoms with Crippen LogP contribution in [0.5, 0.6) is 0 Å². The van der Waals surface area contributed by atoms with Crippen LogP contribution in [0.1, 0.15) is 11.1 Å². The number of aromatic nitrogens is 1. The van der Waals surface area contributed by atoms with Crippen LogP contribution in [0, 0.1) is 0 Å². The summed E-state index contributed by atoms with van der Waals surface area (Å²) in [6.07, 6.45) is 4.35. The highest BCUT2D eigenvalue weighted by Crippen LogP contribution is 2.21. The van der Waals surface area contributed by atoms with Crippen molar-refractivity contribution < 1.29 is 8.42 Å². The minimum Gasteiger partial charge on any atom is -0.361 e. The predicted molar refractivity (Wildman–Crippen MR) is 112 cm³/mol. The Hall–Kier alpha value is -2.35. The fourth-order valence-corrected chi connectivity index (χ4v) is 3.71. The molecule has 0 saturated carbocycles. The summed E-state index contributed by atoms with van der Waals surface area (Å²) in [5.74, 6) is -0.0359. The number of hydrogen-bond acceptors (Lipinski definition) is 3. The van der Waals surface area contributed by atoms with Crippen molar-refractivity contribution in [2.75, 3.05) is 18.9 Å². The summed E-state index contributed by atoms with van der Waals surface area (Å²) in [6.45, 7) is 0.611. The number of hydrogen-bond donors (Lipinski definition) is 3. The van der Waals surface area contributed by atoms with E-state index in [1.165, 1.54) is 7.05 Å². The number of rotatable bonds is 8. The van der Waals surface area contributed by atoms with Crippen molar-refractivity contribution in [2.45, 2.75) is 12.2 Å². The zero-order valence-electron chi connectivity index (χ0n) is 14.9. The summed E-state index contributed by atoms with van der Waals surface area (Å²) in [4.78, 5) is 7.59. The summed E-state index contributed by atoms with van der Waals surface area (Å²) in [7, 11) is -1.87. The van der Waals surface area contributed by atoms with Crippen LogP contribution in [0.4, 0.5) is 5.69 Å². The van der Waals surface area contributed by atoms with Gasteiger partial charge in [-0.2, -0.15) is 0 Å². The third-order valence-electron chi connectivity index (χ3n) is 4.16. The quantitative estimate of drug-likeness (QED) is 0.396. The molecule has 142 valence electrons. The number of aliphatic imine (C=N–C) groups is 1. The van der Waals surface area contributed by atoms with E-state index in [0.29, 0.717) is 11.6 Å². The molecule has 2 aromatic carbocycles. The van der Waals surface area contributed by atoms with E-state index in [9.17, 15) is 8.42 Å². The van der Waals surface area contributed by atoms with E-state index in [0.717, 1.165) is 34.1 Å². The van der Waals surface area contributed by atoms with Crippen LogP contribution in [-0.2, 0) is 22.2 Å². The minimum absolute atomic E-state index is 0.0359. The lowest BCUT2D eigenvalue weighted by molar-refractivity contribution is 0.587. The predicted octanol–water partition coefficient (Wildman–Crippen LogP) is 3.55. The van der Waals surface area contributed by atoms with Gasteiger partial charge in [0.1, 0.15) is 0 Å². The largest absolute Gasteiger partial charge is 0.361 e. The van der Waals surface area contributed by atoms with Crippen LogP contribution in [0.3, 0.4) is 0 Å². The minimum atomic E-state index is -3.29. The van der Waals surface area contributed by atoms with Crippen LogP contribution >= 0.6 is 11.6 Å². The molecule has 0 saturated heterocycles. The van der Waals surface area contributed by atoms with Crippen LogP contribution in [0.25, 0.3) is 10.9 Å². The molecular weight excluding hydrogens is 384 g/mol. The van der Waals surface area contributed by atoms with Crippen LogP contribution in [0.15, 0.2) is 53.7 Å². The Morgan fingerprint density at radius 3 is 2.85 bits per heavy atom. The second-order valence-corrected chi connectivity index (χ2v) is 8.46. The maximum absolute atomic E-state index is 11.8. The van der Waals surface area contributed by atoms with E-state index in [1.54, 1.807) is 6.34 Å². The third-order valence-corrected chi connectivity index (χ3v) is 5.73. The lowest BCUT2D eigenvalue weighted by Crippen LogP contribution is -2.20. The molecule has 8 heteroatoms. The standard InChI is InChI=1S/C19H21ClN4O2S/c1-21-27(25,26)12-14-5-6-19-18(9-14)15(11-23-19)7-8-22-13-24-17-4-2-3-16(20)10-17/h2-6,9-11,13,21,23H,7-8,12H2,1H3,(H,22,24). The smallest absolute Gasteiger partial charge is 0.215 e. The first-order valence-electron chi connectivity index (χ1n) is 8.47. The van der Waals surface area contributed by atoms with Gasteiger partial charge in [-0.3, -0.25) is 4.99 Å². The van der Waals surface area contributed by atoms with Gasteiger partial charge in [-0.05, 0) is 54.9 Å². The molecule has 0 atom stereocenters. The Bertz CT molecular complexity index is 1060. The summed E-state index contributed by atoms with van der Waals surface area (Å²) in [5.41, 5.74) is 3.72. The highest BCUT2D eigenvalue weighted by atomic mass is 35.5. The van der Waals surface area contributed by atoms with Gasteiger partial charge in [0.15, 0.2) is 0 Å². The van der Waals surface area contributed by atoms with E-state index in [4.69, 9.17) is 11.6 Å². The number of nitrogens with zero attached hydrogens (tertiary/aromatic N) is 1. The Morgan fingerprint density at radius 2 is 2.07 bits per heavy atom. The van der Waals surface area contributed by atoms with E-state index in [1.807, 2.05) is 48.7 Å². The second-order valence-electron chi connectivity index (χ2n) is 6.10. The summed E-state index contributed by atoms with van der Waals surface area (Å²) in [5, 5.41) is 4.78. The fourth-order valence-electron chi connectivity index (χ4n) is 2.76. The molecule has 27 heavy (non-hydrogen) atoms. The first kappa shape index (κ1) is 19.4. The molecule has 1 aromatic heterocycles. The molecule has 0 aliphatic heterocycles. The summed E-state index contributed by atoms with van der Waals surface area (Å²) in [6, 6.07) is 13.1. The van der Waals surface area contributed by atoms with Crippen molar-refractivity contribution in [3.63, 3.8) is 0 Å². The van der Waals surface area contributed by atoms with Gasteiger partial charge >= 0.3 is 0 Å². The number of halogens is 1. The molecule has 0 spiro atoms. The molecule has 6 nitrogen and oxygen atoms in total. The average molecular weight is 405 g/mol. The maximum atomic E-state index is 11.8. The topological polar surface area (TPSA) is 86.3 Å². The molecule has 0 aliphatic carbocycles. The number of benzene rings is 2. The molecule has 0 fully saturated rings.